The Morgan fingerprint density at radius 1 is 0.383 bits per heavy atom. The SMILES string of the molecule is CC1(C)c2ccccc2-c2ccc(N(c3ccccc3)c3ccc4c(c3)C(c3ccccc3)(c3ccccc3)c3cc5sc6ccccc6c5c(-c5ccccc5)c3-4)cc21. The summed E-state index contributed by atoms with van der Waals surface area (Å²) in [6.45, 7) is 4.74. The van der Waals surface area contributed by atoms with Gasteiger partial charge in [-0.2, -0.15) is 0 Å². The van der Waals surface area contributed by atoms with Crippen LogP contribution in [0.4, 0.5) is 17.1 Å². The number of hydrogen-bond acceptors (Lipinski definition) is 2. The highest BCUT2D eigenvalue weighted by molar-refractivity contribution is 7.26. The van der Waals surface area contributed by atoms with Crippen LogP contribution in [0.2, 0.25) is 0 Å². The van der Waals surface area contributed by atoms with Crippen LogP contribution in [0, 0.1) is 0 Å². The molecule has 0 radical (unpaired) electrons. The molecule has 1 aromatic heterocycles. The third-order valence-corrected chi connectivity index (χ3v) is 14.4. The highest BCUT2D eigenvalue weighted by Gasteiger charge is 2.48. The molecular formula is C58H41NS. The van der Waals surface area contributed by atoms with Gasteiger partial charge in [0, 0.05) is 42.6 Å². The second kappa shape index (κ2) is 13.3. The first-order valence-corrected chi connectivity index (χ1v) is 21.7. The summed E-state index contributed by atoms with van der Waals surface area (Å²) >= 11 is 1.91. The molecule has 1 nitrogen and oxygen atoms in total. The molecule has 0 N–H and O–H groups in total. The Kier molecular flexibility index (Phi) is 7.73. The van der Waals surface area contributed by atoms with Crippen molar-refractivity contribution in [3.8, 4) is 33.4 Å². The fraction of sp³-hybridized carbons (Fsp3) is 0.0690. The van der Waals surface area contributed by atoms with E-state index >= 15 is 0 Å². The van der Waals surface area contributed by atoms with Gasteiger partial charge in [0.1, 0.15) is 0 Å². The minimum atomic E-state index is -0.596. The standard InChI is InChI=1S/C58H41NS/c1-57(2)48-29-17-15-27-44(48)45-33-31-42(35-49(45)57)59(41-25-13-6-14-26-41)43-32-34-46-50(36-43)58(39-21-9-4-10-22-39,40-23-11-5-12-24-40)51-37-53-56(47-28-16-18-30-52(47)60-53)54(55(46)51)38-19-7-3-8-20-38/h3-37H,1-2H3. The molecule has 1 heterocycles. The lowest BCUT2D eigenvalue weighted by atomic mass is 9.67. The first kappa shape index (κ1) is 35.0. The third-order valence-electron chi connectivity index (χ3n) is 13.3. The minimum absolute atomic E-state index is 0.121. The molecule has 2 aliphatic rings. The average Bonchev–Trinajstić information content (AvgIpc) is 3.90. The van der Waals surface area contributed by atoms with E-state index in [-0.39, 0.29) is 5.41 Å². The molecule has 60 heavy (non-hydrogen) atoms. The summed E-state index contributed by atoms with van der Waals surface area (Å²) < 4.78 is 2.62. The fourth-order valence-corrected chi connectivity index (χ4v) is 11.9. The van der Waals surface area contributed by atoms with Crippen LogP contribution >= 0.6 is 11.3 Å². The molecule has 2 heteroatoms. The van der Waals surface area contributed by atoms with Crippen molar-refractivity contribution in [3.63, 3.8) is 0 Å². The van der Waals surface area contributed by atoms with Gasteiger partial charge in [-0.25, -0.2) is 0 Å². The van der Waals surface area contributed by atoms with Crippen LogP contribution in [-0.2, 0) is 10.8 Å². The van der Waals surface area contributed by atoms with E-state index in [4.69, 9.17) is 0 Å². The molecule has 0 saturated heterocycles. The maximum atomic E-state index is 2.54. The number of benzene rings is 9. The summed E-state index contributed by atoms with van der Waals surface area (Å²) in [7, 11) is 0. The van der Waals surface area contributed by atoms with Crippen molar-refractivity contribution in [2.45, 2.75) is 24.7 Å². The highest BCUT2D eigenvalue weighted by atomic mass is 32.1. The van der Waals surface area contributed by atoms with Crippen molar-refractivity contribution < 1.29 is 0 Å². The quantitative estimate of drug-likeness (QED) is 0.162. The van der Waals surface area contributed by atoms with Crippen molar-refractivity contribution in [1.29, 1.82) is 0 Å². The van der Waals surface area contributed by atoms with E-state index in [2.05, 4.69) is 231 Å². The van der Waals surface area contributed by atoms with Crippen molar-refractivity contribution >= 4 is 48.6 Å². The second-order valence-corrected chi connectivity index (χ2v) is 17.9. The van der Waals surface area contributed by atoms with Crippen LogP contribution in [0.25, 0.3) is 53.6 Å². The first-order valence-electron chi connectivity index (χ1n) is 20.9. The van der Waals surface area contributed by atoms with Gasteiger partial charge in [0.25, 0.3) is 0 Å². The van der Waals surface area contributed by atoms with Gasteiger partial charge < -0.3 is 4.90 Å². The number of para-hydroxylation sites is 1. The van der Waals surface area contributed by atoms with E-state index in [1.54, 1.807) is 0 Å². The predicted octanol–water partition coefficient (Wildman–Crippen LogP) is 15.9. The van der Waals surface area contributed by atoms with Crippen LogP contribution in [0.3, 0.4) is 0 Å². The van der Waals surface area contributed by atoms with Crippen LogP contribution in [0.1, 0.15) is 47.2 Å². The topological polar surface area (TPSA) is 3.24 Å². The summed E-state index contributed by atoms with van der Waals surface area (Å²) in [4.78, 5) is 2.47. The van der Waals surface area contributed by atoms with E-state index in [1.165, 1.54) is 86.9 Å². The Morgan fingerprint density at radius 2 is 0.933 bits per heavy atom. The van der Waals surface area contributed by atoms with Gasteiger partial charge in [-0.15, -0.1) is 11.3 Å². The minimum Gasteiger partial charge on any atom is -0.310 e. The van der Waals surface area contributed by atoms with Crippen LogP contribution in [0.5, 0.6) is 0 Å². The van der Waals surface area contributed by atoms with Gasteiger partial charge >= 0.3 is 0 Å². The molecule has 0 unspecified atom stereocenters. The Bertz CT molecular complexity index is 3230. The summed E-state index contributed by atoms with van der Waals surface area (Å²) in [5.74, 6) is 0. The van der Waals surface area contributed by atoms with Crippen molar-refractivity contribution in [2.24, 2.45) is 0 Å². The number of hydrogen-bond donors (Lipinski definition) is 0. The largest absolute Gasteiger partial charge is 0.310 e. The monoisotopic (exact) mass is 783 g/mol. The Balaban J connectivity index is 1.19. The summed E-state index contributed by atoms with van der Waals surface area (Å²) in [6.07, 6.45) is 0. The van der Waals surface area contributed by atoms with Crippen molar-refractivity contribution in [2.75, 3.05) is 4.90 Å². The molecule has 0 bridgehead atoms. The number of rotatable bonds is 6. The predicted molar refractivity (Wildman–Crippen MR) is 254 cm³/mol. The molecule has 2 aliphatic carbocycles. The number of anilines is 3. The maximum absolute atomic E-state index is 2.54. The van der Waals surface area contributed by atoms with E-state index in [0.717, 1.165) is 17.1 Å². The molecule has 0 atom stereocenters. The zero-order valence-corrected chi connectivity index (χ0v) is 34.4. The summed E-state index contributed by atoms with van der Waals surface area (Å²) in [5, 5.41) is 2.64. The van der Waals surface area contributed by atoms with Gasteiger partial charge in [-0.05, 0) is 115 Å². The van der Waals surface area contributed by atoms with Gasteiger partial charge in [0.15, 0.2) is 0 Å². The van der Waals surface area contributed by atoms with E-state index in [0.29, 0.717) is 0 Å². The normalized spacial score (nSPS) is 14.1. The molecule has 0 spiro atoms. The van der Waals surface area contributed by atoms with Crippen molar-refractivity contribution in [1.82, 2.24) is 0 Å². The molecule has 12 rings (SSSR count). The van der Waals surface area contributed by atoms with Crippen LogP contribution in [0.15, 0.2) is 212 Å². The van der Waals surface area contributed by atoms with E-state index < -0.39 is 5.41 Å². The lowest BCUT2D eigenvalue weighted by Crippen LogP contribution is -2.28. The molecule has 0 fully saturated rings. The zero-order chi connectivity index (χ0) is 40.0. The number of fused-ring (bicyclic) bond motifs is 9. The maximum Gasteiger partial charge on any atom is 0.0715 e. The molecule has 9 aromatic carbocycles. The molecule has 10 aromatic rings. The lowest BCUT2D eigenvalue weighted by Gasteiger charge is -2.35. The Labute approximate surface area is 355 Å². The lowest BCUT2D eigenvalue weighted by molar-refractivity contribution is 0.660. The molecule has 0 amide bonds. The van der Waals surface area contributed by atoms with Gasteiger partial charge in [0.05, 0.1) is 5.41 Å². The smallest absolute Gasteiger partial charge is 0.0715 e. The van der Waals surface area contributed by atoms with E-state index in [9.17, 15) is 0 Å². The third kappa shape index (κ3) is 4.92. The average molecular weight is 784 g/mol. The fourth-order valence-electron chi connectivity index (χ4n) is 10.7. The van der Waals surface area contributed by atoms with Crippen molar-refractivity contribution in [3.05, 3.63) is 246 Å². The van der Waals surface area contributed by atoms with Crippen LogP contribution in [-0.4, -0.2) is 0 Å². The molecule has 0 aliphatic heterocycles. The molecular weight excluding hydrogens is 743 g/mol. The molecule has 0 saturated carbocycles. The van der Waals surface area contributed by atoms with E-state index in [1.807, 2.05) is 11.3 Å². The van der Waals surface area contributed by atoms with Gasteiger partial charge in [-0.1, -0.05) is 178 Å². The number of nitrogens with zero attached hydrogens (tertiary/aromatic N) is 1. The first-order chi connectivity index (χ1) is 29.5. The van der Waals surface area contributed by atoms with Crippen LogP contribution < -0.4 is 4.90 Å². The highest BCUT2D eigenvalue weighted by Crippen LogP contribution is 2.62. The zero-order valence-electron chi connectivity index (χ0n) is 33.6. The molecule has 284 valence electrons. The summed E-state index contributed by atoms with van der Waals surface area (Å²) in [6, 6.07) is 79.2. The summed E-state index contributed by atoms with van der Waals surface area (Å²) in [5.41, 5.74) is 18.4. The van der Waals surface area contributed by atoms with Gasteiger partial charge in [-0.3, -0.25) is 0 Å². The second-order valence-electron chi connectivity index (χ2n) is 16.8. The Morgan fingerprint density at radius 3 is 1.63 bits per heavy atom. The van der Waals surface area contributed by atoms with Gasteiger partial charge in [0.2, 0.25) is 0 Å². The number of thiophene rings is 1. The Hall–Kier alpha value is -7.00.